The van der Waals surface area contributed by atoms with Crippen LogP contribution in [0.4, 0.5) is 0 Å². The Morgan fingerprint density at radius 3 is 2.36 bits per heavy atom. The van der Waals surface area contributed by atoms with Crippen LogP contribution >= 0.6 is 0 Å². The average Bonchev–Trinajstić information content (AvgIpc) is 2.10. The van der Waals surface area contributed by atoms with Crippen LogP contribution in [-0.4, -0.2) is 41.7 Å². The number of amides is 1. The summed E-state index contributed by atoms with van der Waals surface area (Å²) in [5.74, 6) is -0.393. The number of aliphatic hydroxyl groups excluding tert-OH is 1. The van der Waals surface area contributed by atoms with Crippen LogP contribution in [0.2, 0.25) is 0 Å². The van der Waals surface area contributed by atoms with Crippen molar-refractivity contribution in [2.45, 2.75) is 33.2 Å². The van der Waals surface area contributed by atoms with E-state index in [1.54, 1.807) is 0 Å². The van der Waals surface area contributed by atoms with Crippen LogP contribution in [0.3, 0.4) is 0 Å². The normalized spacial score (nSPS) is 13.6. The maximum Gasteiger partial charge on any atom is 0.221 e. The van der Waals surface area contributed by atoms with Gasteiger partial charge in [-0.25, -0.2) is 0 Å². The van der Waals surface area contributed by atoms with E-state index in [-0.39, 0.29) is 18.4 Å². The minimum atomic E-state index is -0.264. The minimum absolute atomic E-state index is 0.129. The molecule has 3 N–H and O–H groups in total. The predicted octanol–water partition coefficient (Wildman–Crippen LogP) is 0.201. The van der Waals surface area contributed by atoms with Gasteiger partial charge in [0, 0.05) is 31.7 Å². The van der Waals surface area contributed by atoms with Crippen LogP contribution < -0.4 is 5.73 Å². The van der Waals surface area contributed by atoms with Gasteiger partial charge in [-0.1, -0.05) is 6.92 Å². The van der Waals surface area contributed by atoms with E-state index in [1.165, 1.54) is 0 Å². The Kier molecular flexibility index (Phi) is 6.49. The summed E-state index contributed by atoms with van der Waals surface area (Å²) < 4.78 is 0. The van der Waals surface area contributed by atoms with E-state index in [9.17, 15) is 4.79 Å². The summed E-state index contributed by atoms with van der Waals surface area (Å²) in [6.45, 7) is 7.65. The maximum atomic E-state index is 10.9. The fraction of sp³-hybridized carbons (Fsp3) is 0.900. The minimum Gasteiger partial charge on any atom is -0.396 e. The number of rotatable bonds is 7. The molecule has 0 radical (unpaired) electrons. The van der Waals surface area contributed by atoms with Crippen molar-refractivity contribution in [3.8, 4) is 0 Å². The highest BCUT2D eigenvalue weighted by molar-refractivity contribution is 5.76. The zero-order chi connectivity index (χ0) is 11.1. The molecule has 1 unspecified atom stereocenters. The van der Waals surface area contributed by atoms with Gasteiger partial charge < -0.3 is 15.7 Å². The van der Waals surface area contributed by atoms with Crippen molar-refractivity contribution in [3.63, 3.8) is 0 Å². The highest BCUT2D eigenvalue weighted by Gasteiger charge is 2.16. The molecule has 0 aliphatic rings. The number of nitrogens with two attached hydrogens (primary N) is 1. The number of nitrogens with zero attached hydrogens (tertiary/aromatic N) is 1. The Balaban J connectivity index is 4.02. The third-order valence-corrected chi connectivity index (χ3v) is 2.33. The molecule has 1 amide bonds. The Morgan fingerprint density at radius 1 is 1.43 bits per heavy atom. The van der Waals surface area contributed by atoms with Crippen molar-refractivity contribution in [3.05, 3.63) is 0 Å². The standard InChI is InChI=1S/C10H22N2O2/c1-8(2)12(5-4-6-13)7-9(3)10(11)14/h8-9,13H,4-7H2,1-3H3,(H2,11,14). The summed E-state index contributed by atoms with van der Waals surface area (Å²) in [6, 6.07) is 0.378. The Morgan fingerprint density at radius 2 is 2.00 bits per heavy atom. The molecular formula is C10H22N2O2. The van der Waals surface area contributed by atoms with E-state index >= 15 is 0 Å². The molecule has 1 atom stereocenters. The molecule has 4 heteroatoms. The lowest BCUT2D eigenvalue weighted by Crippen LogP contribution is -2.39. The molecule has 0 spiro atoms. The molecule has 0 fully saturated rings. The van der Waals surface area contributed by atoms with Crippen LogP contribution in [-0.2, 0) is 4.79 Å². The van der Waals surface area contributed by atoms with Crippen molar-refractivity contribution in [1.29, 1.82) is 0 Å². The largest absolute Gasteiger partial charge is 0.396 e. The third-order valence-electron chi connectivity index (χ3n) is 2.33. The first-order valence-corrected chi connectivity index (χ1v) is 5.13. The van der Waals surface area contributed by atoms with Crippen LogP contribution in [0.15, 0.2) is 0 Å². The second kappa shape index (κ2) is 6.79. The first kappa shape index (κ1) is 13.4. The first-order chi connectivity index (χ1) is 6.49. The summed E-state index contributed by atoms with van der Waals surface area (Å²) in [6.07, 6.45) is 0.740. The van der Waals surface area contributed by atoms with E-state index in [0.717, 1.165) is 13.0 Å². The topological polar surface area (TPSA) is 66.6 Å². The average molecular weight is 202 g/mol. The van der Waals surface area contributed by atoms with E-state index in [2.05, 4.69) is 18.7 Å². The summed E-state index contributed by atoms with van der Waals surface area (Å²) in [4.78, 5) is 13.0. The van der Waals surface area contributed by atoms with Gasteiger partial charge in [0.25, 0.3) is 0 Å². The lowest BCUT2D eigenvalue weighted by Gasteiger charge is -2.28. The van der Waals surface area contributed by atoms with E-state index in [1.807, 2.05) is 6.92 Å². The van der Waals surface area contributed by atoms with Crippen molar-refractivity contribution in [2.24, 2.45) is 11.7 Å². The molecule has 0 aromatic rings. The monoisotopic (exact) mass is 202 g/mol. The number of hydrogen-bond acceptors (Lipinski definition) is 3. The van der Waals surface area contributed by atoms with Crippen LogP contribution in [0.25, 0.3) is 0 Å². The maximum absolute atomic E-state index is 10.9. The highest BCUT2D eigenvalue weighted by Crippen LogP contribution is 2.05. The van der Waals surface area contributed by atoms with Crippen LogP contribution in [0.1, 0.15) is 27.2 Å². The lowest BCUT2D eigenvalue weighted by atomic mass is 10.1. The van der Waals surface area contributed by atoms with Gasteiger partial charge in [0.15, 0.2) is 0 Å². The number of carbonyl (C=O) groups is 1. The SMILES string of the molecule is CC(CN(CCCO)C(C)C)C(N)=O. The van der Waals surface area contributed by atoms with Gasteiger partial charge in [-0.3, -0.25) is 4.79 Å². The number of hydrogen-bond donors (Lipinski definition) is 2. The van der Waals surface area contributed by atoms with Gasteiger partial charge >= 0.3 is 0 Å². The quantitative estimate of drug-likeness (QED) is 0.620. The highest BCUT2D eigenvalue weighted by atomic mass is 16.3. The molecule has 0 rings (SSSR count). The summed E-state index contributed by atoms with van der Waals surface area (Å²) in [5.41, 5.74) is 5.20. The smallest absolute Gasteiger partial charge is 0.221 e. The number of primary amides is 1. The van der Waals surface area contributed by atoms with Crippen molar-refractivity contribution < 1.29 is 9.90 Å². The van der Waals surface area contributed by atoms with Crippen molar-refractivity contribution in [2.75, 3.05) is 19.7 Å². The summed E-state index contributed by atoms with van der Waals surface area (Å²) in [5, 5.41) is 8.72. The molecule has 0 bridgehead atoms. The Labute approximate surface area is 86.1 Å². The van der Waals surface area contributed by atoms with Gasteiger partial charge in [-0.2, -0.15) is 0 Å². The van der Waals surface area contributed by atoms with Crippen LogP contribution in [0, 0.1) is 5.92 Å². The zero-order valence-corrected chi connectivity index (χ0v) is 9.36. The first-order valence-electron chi connectivity index (χ1n) is 5.13. The molecule has 0 saturated heterocycles. The molecule has 0 heterocycles. The molecule has 14 heavy (non-hydrogen) atoms. The summed E-state index contributed by atoms with van der Waals surface area (Å²) in [7, 11) is 0. The number of carbonyl (C=O) groups excluding carboxylic acids is 1. The molecule has 0 aliphatic heterocycles. The number of aliphatic hydroxyl groups is 1. The molecular weight excluding hydrogens is 180 g/mol. The second-order valence-electron chi connectivity index (χ2n) is 3.97. The van der Waals surface area contributed by atoms with Gasteiger partial charge in [0.05, 0.1) is 0 Å². The van der Waals surface area contributed by atoms with E-state index in [4.69, 9.17) is 10.8 Å². The molecule has 0 aliphatic carbocycles. The van der Waals surface area contributed by atoms with Gasteiger partial charge in [0.2, 0.25) is 5.91 Å². The van der Waals surface area contributed by atoms with Crippen molar-refractivity contribution >= 4 is 5.91 Å². The lowest BCUT2D eigenvalue weighted by molar-refractivity contribution is -0.122. The van der Waals surface area contributed by atoms with Gasteiger partial charge in [0.1, 0.15) is 0 Å². The van der Waals surface area contributed by atoms with Crippen molar-refractivity contribution in [1.82, 2.24) is 4.90 Å². The predicted molar refractivity (Wildman–Crippen MR) is 56.8 cm³/mol. The molecule has 0 saturated carbocycles. The third kappa shape index (κ3) is 5.19. The van der Waals surface area contributed by atoms with Gasteiger partial charge in [-0.05, 0) is 20.3 Å². The van der Waals surface area contributed by atoms with Crippen LogP contribution in [0.5, 0.6) is 0 Å². The molecule has 4 nitrogen and oxygen atoms in total. The Hall–Kier alpha value is -0.610. The Bertz CT molecular complexity index is 172. The summed E-state index contributed by atoms with van der Waals surface area (Å²) >= 11 is 0. The molecule has 84 valence electrons. The zero-order valence-electron chi connectivity index (χ0n) is 9.36. The van der Waals surface area contributed by atoms with E-state index in [0.29, 0.717) is 12.6 Å². The fourth-order valence-corrected chi connectivity index (χ4v) is 1.28. The fourth-order valence-electron chi connectivity index (χ4n) is 1.28. The molecule has 0 aromatic heterocycles. The van der Waals surface area contributed by atoms with Gasteiger partial charge in [-0.15, -0.1) is 0 Å². The molecule has 0 aromatic carbocycles. The second-order valence-corrected chi connectivity index (χ2v) is 3.97. The van der Waals surface area contributed by atoms with E-state index < -0.39 is 0 Å².